The van der Waals surface area contributed by atoms with Crippen LogP contribution < -0.4 is 10.1 Å². The zero-order valence-corrected chi connectivity index (χ0v) is 18.0. The molecule has 2 aromatic carbocycles. The Labute approximate surface area is 177 Å². The number of methoxy groups -OCH3 is 1. The first kappa shape index (κ1) is 21.6. The number of benzene rings is 2. The van der Waals surface area contributed by atoms with Gasteiger partial charge < -0.3 is 14.8 Å². The molecule has 6 heteroatoms. The summed E-state index contributed by atoms with van der Waals surface area (Å²) in [4.78, 5) is 27.5. The largest absolute Gasteiger partial charge is 0.494 e. The van der Waals surface area contributed by atoms with Gasteiger partial charge in [-0.15, -0.1) is 0 Å². The second-order valence-electron chi connectivity index (χ2n) is 7.25. The third kappa shape index (κ3) is 4.39. The maximum Gasteiger partial charge on any atom is 0.278 e. The van der Waals surface area contributed by atoms with E-state index in [9.17, 15) is 9.59 Å². The van der Waals surface area contributed by atoms with Crippen molar-refractivity contribution in [1.29, 1.82) is 0 Å². The summed E-state index contributed by atoms with van der Waals surface area (Å²) < 4.78 is 10.7. The van der Waals surface area contributed by atoms with E-state index in [2.05, 4.69) is 5.32 Å². The van der Waals surface area contributed by atoms with E-state index in [1.807, 2.05) is 63.2 Å². The smallest absolute Gasteiger partial charge is 0.278 e. The molecule has 0 aromatic heterocycles. The van der Waals surface area contributed by atoms with Gasteiger partial charge in [0.05, 0.1) is 25.3 Å². The summed E-state index contributed by atoms with van der Waals surface area (Å²) in [6, 6.07) is 13.1. The van der Waals surface area contributed by atoms with Crippen LogP contribution in [0.4, 0.5) is 5.69 Å². The van der Waals surface area contributed by atoms with Crippen molar-refractivity contribution in [2.45, 2.75) is 27.2 Å². The number of hydrogen-bond donors (Lipinski definition) is 1. The lowest BCUT2D eigenvalue weighted by atomic mass is 10.0. The molecule has 2 amide bonds. The van der Waals surface area contributed by atoms with Crippen LogP contribution in [-0.2, 0) is 14.3 Å². The number of carbonyl (C=O) groups is 2. The molecule has 0 fully saturated rings. The van der Waals surface area contributed by atoms with E-state index in [1.54, 1.807) is 7.11 Å². The van der Waals surface area contributed by atoms with E-state index in [0.717, 1.165) is 29.0 Å². The van der Waals surface area contributed by atoms with Gasteiger partial charge in [-0.05, 0) is 55.2 Å². The van der Waals surface area contributed by atoms with Gasteiger partial charge in [-0.3, -0.25) is 14.5 Å². The Balaban J connectivity index is 2.01. The maximum absolute atomic E-state index is 13.2. The van der Waals surface area contributed by atoms with Crippen molar-refractivity contribution in [3.63, 3.8) is 0 Å². The van der Waals surface area contributed by atoms with E-state index in [-0.39, 0.29) is 30.7 Å². The van der Waals surface area contributed by atoms with Crippen LogP contribution in [0.1, 0.15) is 30.0 Å². The first-order valence-corrected chi connectivity index (χ1v) is 10.1. The monoisotopic (exact) mass is 408 g/mol. The van der Waals surface area contributed by atoms with Gasteiger partial charge in [0.25, 0.3) is 11.8 Å². The Kier molecular flexibility index (Phi) is 6.90. The molecule has 0 unspecified atom stereocenters. The molecule has 0 atom stereocenters. The minimum Gasteiger partial charge on any atom is -0.494 e. The summed E-state index contributed by atoms with van der Waals surface area (Å²) in [5.41, 5.74) is 4.26. The summed E-state index contributed by atoms with van der Waals surface area (Å²) in [5.74, 6) is 0.0598. The second kappa shape index (κ2) is 9.59. The van der Waals surface area contributed by atoms with Gasteiger partial charge in [0.1, 0.15) is 11.4 Å². The molecule has 1 N–H and O–H groups in total. The number of rotatable bonds is 9. The van der Waals surface area contributed by atoms with E-state index in [1.165, 1.54) is 4.90 Å². The van der Waals surface area contributed by atoms with Gasteiger partial charge in [-0.25, -0.2) is 0 Å². The van der Waals surface area contributed by atoms with E-state index in [0.29, 0.717) is 17.7 Å². The number of aryl methyl sites for hydroxylation is 1. The Morgan fingerprint density at radius 2 is 1.70 bits per heavy atom. The highest BCUT2D eigenvalue weighted by molar-refractivity contribution is 6.36. The van der Waals surface area contributed by atoms with Crippen LogP contribution in [-0.4, -0.2) is 43.6 Å². The average Bonchev–Trinajstić information content (AvgIpc) is 2.98. The quantitative estimate of drug-likeness (QED) is 0.637. The van der Waals surface area contributed by atoms with Crippen LogP contribution in [0.3, 0.4) is 0 Å². The summed E-state index contributed by atoms with van der Waals surface area (Å²) >= 11 is 0. The average molecular weight is 408 g/mol. The lowest BCUT2D eigenvalue weighted by molar-refractivity contribution is -0.137. The number of hydrogen-bond acceptors (Lipinski definition) is 5. The highest BCUT2D eigenvalue weighted by Gasteiger charge is 2.39. The van der Waals surface area contributed by atoms with Gasteiger partial charge in [-0.1, -0.05) is 31.2 Å². The van der Waals surface area contributed by atoms with Crippen LogP contribution in [0.2, 0.25) is 0 Å². The fourth-order valence-corrected chi connectivity index (χ4v) is 3.30. The Bertz CT molecular complexity index is 964. The van der Waals surface area contributed by atoms with Crippen molar-refractivity contribution in [2.75, 3.05) is 32.2 Å². The molecule has 0 spiro atoms. The van der Waals surface area contributed by atoms with Crippen molar-refractivity contribution >= 4 is 23.1 Å². The zero-order chi connectivity index (χ0) is 21.7. The molecule has 6 nitrogen and oxygen atoms in total. The normalized spacial score (nSPS) is 13.9. The van der Waals surface area contributed by atoms with E-state index < -0.39 is 0 Å². The Morgan fingerprint density at radius 3 is 2.37 bits per heavy atom. The highest BCUT2D eigenvalue weighted by atomic mass is 16.5. The molecule has 3 rings (SSSR count). The third-order valence-corrected chi connectivity index (χ3v) is 5.17. The van der Waals surface area contributed by atoms with Crippen LogP contribution in [0.25, 0.3) is 5.57 Å². The molecule has 2 aromatic rings. The first-order chi connectivity index (χ1) is 14.5. The molecule has 1 aliphatic rings. The van der Waals surface area contributed by atoms with Crippen molar-refractivity contribution in [1.82, 2.24) is 4.90 Å². The van der Waals surface area contributed by atoms with E-state index >= 15 is 0 Å². The standard InChI is InChI=1S/C24H28N2O4/c1-5-14-30-19-11-9-18(10-12-19)21-22(24(28)26(23(21)27)13-15-29-4)25-20-8-6-7-16(2)17(20)3/h6-12,25H,5,13-15H2,1-4H3. The highest BCUT2D eigenvalue weighted by Crippen LogP contribution is 2.32. The number of anilines is 1. The van der Waals surface area contributed by atoms with Crippen LogP contribution in [0.15, 0.2) is 48.2 Å². The molecule has 1 aliphatic heterocycles. The van der Waals surface area contributed by atoms with Gasteiger partial charge in [0, 0.05) is 12.8 Å². The van der Waals surface area contributed by atoms with Gasteiger partial charge in [0.2, 0.25) is 0 Å². The molecule has 0 aliphatic carbocycles. The minimum atomic E-state index is -0.348. The number of nitrogens with one attached hydrogen (secondary N) is 1. The fourth-order valence-electron chi connectivity index (χ4n) is 3.30. The SMILES string of the molecule is CCCOc1ccc(C2=C(Nc3cccc(C)c3C)C(=O)N(CCOC)C2=O)cc1. The minimum absolute atomic E-state index is 0.202. The predicted molar refractivity (Wildman–Crippen MR) is 117 cm³/mol. The molecule has 158 valence electrons. The first-order valence-electron chi connectivity index (χ1n) is 10.1. The van der Waals surface area contributed by atoms with Crippen LogP contribution >= 0.6 is 0 Å². The molecular formula is C24H28N2O4. The number of nitrogens with zero attached hydrogens (tertiary/aromatic N) is 1. The Morgan fingerprint density at radius 1 is 0.967 bits per heavy atom. The van der Waals surface area contributed by atoms with Gasteiger partial charge in [-0.2, -0.15) is 0 Å². The van der Waals surface area contributed by atoms with Crippen molar-refractivity contribution in [3.05, 3.63) is 64.9 Å². The molecule has 0 saturated carbocycles. The molecule has 30 heavy (non-hydrogen) atoms. The predicted octanol–water partition coefficient (Wildman–Crippen LogP) is 3.93. The zero-order valence-electron chi connectivity index (χ0n) is 18.0. The third-order valence-electron chi connectivity index (χ3n) is 5.17. The number of amides is 2. The topological polar surface area (TPSA) is 67.9 Å². The van der Waals surface area contributed by atoms with E-state index in [4.69, 9.17) is 9.47 Å². The number of imide groups is 1. The summed E-state index contributed by atoms with van der Waals surface area (Å²) in [6.07, 6.45) is 0.915. The van der Waals surface area contributed by atoms with Crippen LogP contribution in [0.5, 0.6) is 5.75 Å². The molecule has 0 radical (unpaired) electrons. The molecule has 0 bridgehead atoms. The number of ether oxygens (including phenoxy) is 2. The summed E-state index contributed by atoms with van der Waals surface area (Å²) in [5, 5.41) is 3.23. The second-order valence-corrected chi connectivity index (χ2v) is 7.25. The lowest BCUT2D eigenvalue weighted by Crippen LogP contribution is -2.35. The fraction of sp³-hybridized carbons (Fsp3) is 0.333. The lowest BCUT2D eigenvalue weighted by Gasteiger charge is -2.15. The van der Waals surface area contributed by atoms with Crippen LogP contribution in [0, 0.1) is 13.8 Å². The van der Waals surface area contributed by atoms with Gasteiger partial charge in [0.15, 0.2) is 0 Å². The maximum atomic E-state index is 13.2. The van der Waals surface area contributed by atoms with Crippen molar-refractivity contribution in [2.24, 2.45) is 0 Å². The van der Waals surface area contributed by atoms with Crippen molar-refractivity contribution < 1.29 is 19.1 Å². The van der Waals surface area contributed by atoms with Crippen molar-refractivity contribution in [3.8, 4) is 5.75 Å². The molecular weight excluding hydrogens is 380 g/mol. The Hall–Kier alpha value is -3.12. The summed E-state index contributed by atoms with van der Waals surface area (Å²) in [6.45, 7) is 7.16. The molecule has 1 heterocycles. The number of carbonyl (C=O) groups excluding carboxylic acids is 2. The summed E-state index contributed by atoms with van der Waals surface area (Å²) in [7, 11) is 1.55. The molecule has 0 saturated heterocycles. The van der Waals surface area contributed by atoms with Gasteiger partial charge >= 0.3 is 0 Å².